The summed E-state index contributed by atoms with van der Waals surface area (Å²) in [5, 5.41) is 6.89. The highest BCUT2D eigenvalue weighted by atomic mass is 32.2. The van der Waals surface area contributed by atoms with E-state index in [2.05, 4.69) is 14.8 Å². The van der Waals surface area contributed by atoms with Gasteiger partial charge in [-0.1, -0.05) is 0 Å². The highest BCUT2D eigenvalue weighted by Crippen LogP contribution is 2.21. The first-order chi connectivity index (χ1) is 9.79. The fourth-order valence-electron chi connectivity index (χ4n) is 1.58. The molecule has 0 saturated carbocycles. The zero-order chi connectivity index (χ0) is 15.6. The van der Waals surface area contributed by atoms with Gasteiger partial charge in [-0.3, -0.25) is 4.68 Å². The van der Waals surface area contributed by atoms with Gasteiger partial charge in [0.05, 0.1) is 12.2 Å². The van der Waals surface area contributed by atoms with Crippen LogP contribution in [0.4, 0.5) is 0 Å². The molecule has 0 unspecified atom stereocenters. The number of aryl methyl sites for hydroxylation is 1. The lowest BCUT2D eigenvalue weighted by Gasteiger charge is -2.20. The van der Waals surface area contributed by atoms with Crippen LogP contribution < -0.4 is 4.72 Å². The number of rotatable bonds is 6. The largest absolute Gasteiger partial charge is 0.279 e. The third kappa shape index (κ3) is 3.88. The van der Waals surface area contributed by atoms with Crippen LogP contribution in [0.15, 0.2) is 17.6 Å². The van der Waals surface area contributed by atoms with Crippen molar-refractivity contribution in [1.82, 2.24) is 23.8 Å². The maximum absolute atomic E-state index is 12.0. The van der Waals surface area contributed by atoms with Gasteiger partial charge in [0.15, 0.2) is 0 Å². The molecule has 0 aliphatic rings. The van der Waals surface area contributed by atoms with Crippen LogP contribution >= 0.6 is 11.3 Å². The summed E-state index contributed by atoms with van der Waals surface area (Å²) in [4.78, 5) is 4.40. The van der Waals surface area contributed by atoms with Crippen LogP contribution in [-0.2, 0) is 23.8 Å². The van der Waals surface area contributed by atoms with Gasteiger partial charge in [-0.25, -0.2) is 4.98 Å². The van der Waals surface area contributed by atoms with E-state index in [0.717, 1.165) is 10.7 Å². The summed E-state index contributed by atoms with van der Waals surface area (Å²) >= 11 is 1.45. The number of thiazole rings is 1. The van der Waals surface area contributed by atoms with Crippen molar-refractivity contribution < 1.29 is 8.42 Å². The van der Waals surface area contributed by atoms with Crippen molar-refractivity contribution in [2.75, 3.05) is 7.05 Å². The van der Waals surface area contributed by atoms with E-state index in [1.807, 2.05) is 38.5 Å². The van der Waals surface area contributed by atoms with E-state index >= 15 is 0 Å². The summed E-state index contributed by atoms with van der Waals surface area (Å²) < 4.78 is 29.5. The molecule has 2 aromatic rings. The quantitative estimate of drug-likeness (QED) is 0.864. The van der Waals surface area contributed by atoms with Gasteiger partial charge in [-0.2, -0.15) is 22.5 Å². The average molecular weight is 329 g/mol. The van der Waals surface area contributed by atoms with E-state index in [0.29, 0.717) is 5.69 Å². The van der Waals surface area contributed by atoms with Crippen LogP contribution in [0.25, 0.3) is 10.7 Å². The monoisotopic (exact) mass is 329 g/mol. The van der Waals surface area contributed by atoms with Crippen LogP contribution in [-0.4, -0.2) is 40.6 Å². The molecular formula is C12H19N5O2S2. The second kappa shape index (κ2) is 6.22. The van der Waals surface area contributed by atoms with Crippen molar-refractivity contribution in [3.05, 3.63) is 23.3 Å². The van der Waals surface area contributed by atoms with Gasteiger partial charge in [-0.05, 0) is 19.9 Å². The molecule has 2 aromatic heterocycles. The number of hydrogen-bond acceptors (Lipinski definition) is 5. The first-order valence-corrected chi connectivity index (χ1v) is 8.78. The van der Waals surface area contributed by atoms with Crippen LogP contribution in [0.2, 0.25) is 0 Å². The Balaban J connectivity index is 2.04. The van der Waals surface area contributed by atoms with Crippen molar-refractivity contribution in [3.63, 3.8) is 0 Å². The van der Waals surface area contributed by atoms with Crippen LogP contribution in [0, 0.1) is 0 Å². The number of nitrogens with one attached hydrogen (secondary N) is 1. The predicted octanol–water partition coefficient (Wildman–Crippen LogP) is 1.22. The first-order valence-electron chi connectivity index (χ1n) is 6.46. The molecule has 0 spiro atoms. The molecule has 0 amide bonds. The van der Waals surface area contributed by atoms with Crippen molar-refractivity contribution in [2.24, 2.45) is 7.05 Å². The molecule has 0 aliphatic carbocycles. The van der Waals surface area contributed by atoms with Crippen LogP contribution in [0.5, 0.6) is 0 Å². The maximum Gasteiger partial charge on any atom is 0.279 e. The molecule has 0 aromatic carbocycles. The molecule has 21 heavy (non-hydrogen) atoms. The molecule has 2 rings (SSSR count). The van der Waals surface area contributed by atoms with Gasteiger partial charge in [0, 0.05) is 31.7 Å². The van der Waals surface area contributed by atoms with Gasteiger partial charge < -0.3 is 0 Å². The van der Waals surface area contributed by atoms with E-state index < -0.39 is 10.2 Å². The maximum atomic E-state index is 12.0. The highest BCUT2D eigenvalue weighted by Gasteiger charge is 2.20. The molecule has 0 aliphatic heterocycles. The third-order valence-corrected chi connectivity index (χ3v) is 5.63. The SMILES string of the molecule is CC(C)N(C)S(=O)(=O)NCc1csc(-c2ccn(C)n2)n1. The summed E-state index contributed by atoms with van der Waals surface area (Å²) in [5.74, 6) is 0. The fraction of sp³-hybridized carbons (Fsp3) is 0.500. The van der Waals surface area contributed by atoms with Gasteiger partial charge >= 0.3 is 0 Å². The van der Waals surface area contributed by atoms with E-state index in [1.165, 1.54) is 15.6 Å². The summed E-state index contributed by atoms with van der Waals surface area (Å²) in [6.07, 6.45) is 1.84. The summed E-state index contributed by atoms with van der Waals surface area (Å²) in [5.41, 5.74) is 1.47. The normalized spacial score (nSPS) is 12.5. The minimum atomic E-state index is -3.48. The molecule has 7 nitrogen and oxygen atoms in total. The van der Waals surface area contributed by atoms with E-state index in [4.69, 9.17) is 0 Å². The predicted molar refractivity (Wildman–Crippen MR) is 83.0 cm³/mol. The molecule has 2 heterocycles. The Bertz CT molecular complexity index is 705. The molecule has 0 atom stereocenters. The van der Waals surface area contributed by atoms with Crippen LogP contribution in [0.1, 0.15) is 19.5 Å². The number of hydrogen-bond donors (Lipinski definition) is 1. The zero-order valence-electron chi connectivity index (χ0n) is 12.4. The molecule has 1 N–H and O–H groups in total. The van der Waals surface area contributed by atoms with Crippen molar-refractivity contribution in [1.29, 1.82) is 0 Å². The third-order valence-electron chi connectivity index (χ3n) is 3.03. The highest BCUT2D eigenvalue weighted by molar-refractivity contribution is 7.87. The van der Waals surface area contributed by atoms with Crippen LogP contribution in [0.3, 0.4) is 0 Å². The van der Waals surface area contributed by atoms with E-state index in [9.17, 15) is 8.42 Å². The van der Waals surface area contributed by atoms with Crippen molar-refractivity contribution in [3.8, 4) is 10.7 Å². The second-order valence-electron chi connectivity index (χ2n) is 4.95. The summed E-state index contributed by atoms with van der Waals surface area (Å²) in [6.45, 7) is 3.81. The smallest absolute Gasteiger partial charge is 0.275 e. The molecule has 116 valence electrons. The van der Waals surface area contributed by atoms with Gasteiger partial charge in [-0.15, -0.1) is 11.3 Å². The standard InChI is InChI=1S/C12H19N5O2S2/c1-9(2)17(4)21(18,19)13-7-10-8-20-12(14-10)11-5-6-16(3)15-11/h5-6,8-9,13H,7H2,1-4H3. The van der Waals surface area contributed by atoms with E-state index in [-0.39, 0.29) is 12.6 Å². The Morgan fingerprint density at radius 3 is 2.76 bits per heavy atom. The molecule has 9 heteroatoms. The van der Waals surface area contributed by atoms with Crippen molar-refractivity contribution >= 4 is 21.5 Å². The average Bonchev–Trinajstić information content (AvgIpc) is 3.04. The van der Waals surface area contributed by atoms with E-state index in [1.54, 1.807) is 11.7 Å². The number of aromatic nitrogens is 3. The van der Waals surface area contributed by atoms with Gasteiger partial charge in [0.2, 0.25) is 0 Å². The molecule has 0 radical (unpaired) electrons. The lowest BCUT2D eigenvalue weighted by atomic mass is 10.4. The lowest BCUT2D eigenvalue weighted by Crippen LogP contribution is -2.41. The molecule has 0 saturated heterocycles. The molecule has 0 bridgehead atoms. The Morgan fingerprint density at radius 1 is 1.48 bits per heavy atom. The Kier molecular flexibility index (Phi) is 4.77. The first kappa shape index (κ1) is 16.1. The van der Waals surface area contributed by atoms with Gasteiger partial charge in [0.1, 0.15) is 10.7 Å². The zero-order valence-corrected chi connectivity index (χ0v) is 14.1. The minimum Gasteiger partial charge on any atom is -0.275 e. The molecular weight excluding hydrogens is 310 g/mol. The Hall–Kier alpha value is -1.29. The summed E-state index contributed by atoms with van der Waals surface area (Å²) in [6, 6.07) is 1.78. The Morgan fingerprint density at radius 2 is 2.19 bits per heavy atom. The minimum absolute atomic E-state index is 0.0954. The molecule has 0 fully saturated rings. The van der Waals surface area contributed by atoms with Gasteiger partial charge in [0.25, 0.3) is 10.2 Å². The fourth-order valence-corrected chi connectivity index (χ4v) is 3.45. The second-order valence-corrected chi connectivity index (χ2v) is 7.63. The Labute approximate surface area is 128 Å². The topological polar surface area (TPSA) is 80.1 Å². The lowest BCUT2D eigenvalue weighted by molar-refractivity contribution is 0.402. The number of nitrogens with zero attached hydrogens (tertiary/aromatic N) is 4. The van der Waals surface area contributed by atoms with Crippen molar-refractivity contribution in [2.45, 2.75) is 26.4 Å². The summed E-state index contributed by atoms with van der Waals surface area (Å²) in [7, 11) is -0.0906.